The zero-order valence-electron chi connectivity index (χ0n) is 21.6. The number of hydrogen-bond donors (Lipinski definition) is 2. The van der Waals surface area contributed by atoms with Gasteiger partial charge < -0.3 is 19.7 Å². The average molecular weight is 465 g/mol. The molecule has 0 bridgehead atoms. The van der Waals surface area contributed by atoms with Crippen LogP contribution in [0.15, 0.2) is 24.3 Å². The molecule has 1 rings (SSSR count). The summed E-state index contributed by atoms with van der Waals surface area (Å²) in [6.07, 6.45) is 21.2. The lowest BCUT2D eigenvalue weighted by Gasteiger charge is -2.17. The molecular weight excluding hydrogens is 412 g/mol. The van der Waals surface area contributed by atoms with Crippen LogP contribution in [0.25, 0.3) is 0 Å². The molecule has 4 heteroatoms. The molecule has 0 aliphatic carbocycles. The Morgan fingerprint density at radius 2 is 1.30 bits per heavy atom. The van der Waals surface area contributed by atoms with Crippen LogP contribution in [-0.4, -0.2) is 36.1 Å². The summed E-state index contributed by atoms with van der Waals surface area (Å²) in [5, 5.41) is 19.5. The minimum absolute atomic E-state index is 0.160. The number of unbranched alkanes of at least 4 members (excludes halogenated alkanes) is 13. The molecule has 1 aromatic carbocycles. The van der Waals surface area contributed by atoms with Gasteiger partial charge in [-0.25, -0.2) is 0 Å². The largest absolute Gasteiger partial charge is 0.508 e. The van der Waals surface area contributed by atoms with Gasteiger partial charge in [-0.15, -0.1) is 0 Å². The van der Waals surface area contributed by atoms with E-state index in [-0.39, 0.29) is 19.0 Å². The van der Waals surface area contributed by atoms with Gasteiger partial charge in [0.2, 0.25) is 0 Å². The molecule has 192 valence electrons. The normalized spacial score (nSPS) is 13.2. The number of aliphatic hydroxyl groups excluding tert-OH is 1. The highest BCUT2D eigenvalue weighted by Gasteiger charge is 2.10. The highest BCUT2D eigenvalue weighted by atomic mass is 16.5. The van der Waals surface area contributed by atoms with Crippen molar-refractivity contribution in [1.29, 1.82) is 0 Å². The second kappa shape index (κ2) is 21.3. The second-order valence-corrected chi connectivity index (χ2v) is 9.66. The SMILES string of the molecule is CCCCCCCCCCCCCCCCC(CC)COCC(O)COc1cccc(O)c1. The van der Waals surface area contributed by atoms with Crippen LogP contribution >= 0.6 is 0 Å². The van der Waals surface area contributed by atoms with E-state index in [0.717, 1.165) is 6.42 Å². The summed E-state index contributed by atoms with van der Waals surface area (Å²) in [5.41, 5.74) is 0. The van der Waals surface area contributed by atoms with Crippen molar-refractivity contribution in [3.8, 4) is 11.5 Å². The monoisotopic (exact) mass is 464 g/mol. The fraction of sp³-hybridized carbons (Fsp3) is 0.793. The minimum Gasteiger partial charge on any atom is -0.508 e. The zero-order valence-corrected chi connectivity index (χ0v) is 21.6. The molecule has 0 fully saturated rings. The first-order valence-corrected chi connectivity index (χ1v) is 13.8. The molecular formula is C29H52O4. The number of rotatable bonds is 23. The smallest absolute Gasteiger partial charge is 0.123 e. The fourth-order valence-corrected chi connectivity index (χ4v) is 4.22. The number of aliphatic hydroxyl groups is 1. The van der Waals surface area contributed by atoms with Crippen LogP contribution in [0.4, 0.5) is 0 Å². The zero-order chi connectivity index (χ0) is 24.0. The van der Waals surface area contributed by atoms with Crippen molar-refractivity contribution >= 4 is 0 Å². The Bertz CT molecular complexity index is 548. The van der Waals surface area contributed by atoms with Crippen molar-refractivity contribution in [3.63, 3.8) is 0 Å². The van der Waals surface area contributed by atoms with E-state index in [2.05, 4.69) is 13.8 Å². The third kappa shape index (κ3) is 17.8. The molecule has 0 aromatic heterocycles. The van der Waals surface area contributed by atoms with E-state index in [1.54, 1.807) is 18.2 Å². The average Bonchev–Trinajstić information content (AvgIpc) is 2.82. The minimum atomic E-state index is -0.661. The second-order valence-electron chi connectivity index (χ2n) is 9.66. The van der Waals surface area contributed by atoms with Crippen LogP contribution in [0.3, 0.4) is 0 Å². The quantitative estimate of drug-likeness (QED) is 0.161. The molecule has 0 aliphatic rings. The highest BCUT2D eigenvalue weighted by molar-refractivity contribution is 5.31. The lowest BCUT2D eigenvalue weighted by molar-refractivity contribution is -0.00116. The molecule has 0 aliphatic heterocycles. The topological polar surface area (TPSA) is 58.9 Å². The number of ether oxygens (including phenoxy) is 2. The van der Waals surface area contributed by atoms with Crippen LogP contribution < -0.4 is 4.74 Å². The molecule has 2 unspecified atom stereocenters. The van der Waals surface area contributed by atoms with Crippen molar-refractivity contribution < 1.29 is 19.7 Å². The van der Waals surface area contributed by atoms with E-state index in [4.69, 9.17) is 9.47 Å². The Balaban J connectivity index is 1.91. The van der Waals surface area contributed by atoms with Crippen LogP contribution in [0.2, 0.25) is 0 Å². The molecule has 0 saturated heterocycles. The molecule has 0 saturated carbocycles. The molecule has 0 amide bonds. The van der Waals surface area contributed by atoms with Gasteiger partial charge in [-0.1, -0.05) is 116 Å². The van der Waals surface area contributed by atoms with Gasteiger partial charge in [0.05, 0.1) is 6.61 Å². The molecule has 2 atom stereocenters. The van der Waals surface area contributed by atoms with E-state index in [9.17, 15) is 10.2 Å². The maximum absolute atomic E-state index is 10.1. The van der Waals surface area contributed by atoms with Crippen LogP contribution in [0, 0.1) is 5.92 Å². The molecule has 2 N–H and O–H groups in total. The standard InChI is InChI=1S/C29H52O4/c1-3-5-6-7-8-9-10-11-12-13-14-15-16-17-19-26(4-2)23-32-24-28(31)25-33-29-21-18-20-27(30)22-29/h18,20-22,26,28,30-31H,3-17,19,23-25H2,1-2H3. The molecule has 0 heterocycles. The van der Waals surface area contributed by atoms with E-state index >= 15 is 0 Å². The first-order chi connectivity index (χ1) is 16.2. The Morgan fingerprint density at radius 1 is 0.727 bits per heavy atom. The Hall–Kier alpha value is -1.26. The molecule has 0 radical (unpaired) electrons. The van der Waals surface area contributed by atoms with E-state index in [1.165, 1.54) is 102 Å². The number of phenols is 1. The van der Waals surface area contributed by atoms with Gasteiger partial charge in [-0.05, 0) is 24.5 Å². The summed E-state index contributed by atoms with van der Waals surface area (Å²) in [6.45, 7) is 5.66. The van der Waals surface area contributed by atoms with E-state index in [0.29, 0.717) is 18.3 Å². The molecule has 4 nitrogen and oxygen atoms in total. The summed E-state index contributed by atoms with van der Waals surface area (Å²) in [4.78, 5) is 0. The summed E-state index contributed by atoms with van der Waals surface area (Å²) in [6, 6.07) is 6.61. The maximum Gasteiger partial charge on any atom is 0.123 e. The maximum atomic E-state index is 10.1. The molecule has 1 aromatic rings. The van der Waals surface area contributed by atoms with Gasteiger partial charge in [0.1, 0.15) is 24.2 Å². The van der Waals surface area contributed by atoms with Crippen molar-refractivity contribution in [3.05, 3.63) is 24.3 Å². The summed E-state index contributed by atoms with van der Waals surface area (Å²) < 4.78 is 11.3. The lowest BCUT2D eigenvalue weighted by atomic mass is 9.98. The molecule has 33 heavy (non-hydrogen) atoms. The predicted octanol–water partition coefficient (Wildman–Crippen LogP) is 8.05. The predicted molar refractivity (Wildman–Crippen MR) is 139 cm³/mol. The molecule has 0 spiro atoms. The Kier molecular flexibility index (Phi) is 19.2. The summed E-state index contributed by atoms with van der Waals surface area (Å²) in [5.74, 6) is 1.28. The first kappa shape index (κ1) is 29.8. The summed E-state index contributed by atoms with van der Waals surface area (Å²) >= 11 is 0. The van der Waals surface area contributed by atoms with Gasteiger partial charge >= 0.3 is 0 Å². The number of aromatic hydroxyl groups is 1. The van der Waals surface area contributed by atoms with E-state index < -0.39 is 6.10 Å². The van der Waals surface area contributed by atoms with Gasteiger partial charge in [0, 0.05) is 12.7 Å². The van der Waals surface area contributed by atoms with Gasteiger partial charge in [0.15, 0.2) is 0 Å². The van der Waals surface area contributed by atoms with Crippen molar-refractivity contribution in [2.45, 2.75) is 123 Å². The third-order valence-corrected chi connectivity index (χ3v) is 6.47. The lowest BCUT2D eigenvalue weighted by Crippen LogP contribution is -2.25. The van der Waals surface area contributed by atoms with Gasteiger partial charge in [0.25, 0.3) is 0 Å². The highest BCUT2D eigenvalue weighted by Crippen LogP contribution is 2.19. The number of hydrogen-bond acceptors (Lipinski definition) is 4. The van der Waals surface area contributed by atoms with Crippen LogP contribution in [0.5, 0.6) is 11.5 Å². The van der Waals surface area contributed by atoms with Gasteiger partial charge in [-0.3, -0.25) is 0 Å². The van der Waals surface area contributed by atoms with E-state index in [1.807, 2.05) is 0 Å². The summed E-state index contributed by atoms with van der Waals surface area (Å²) in [7, 11) is 0. The van der Waals surface area contributed by atoms with Crippen molar-refractivity contribution in [2.24, 2.45) is 5.92 Å². The number of benzene rings is 1. The van der Waals surface area contributed by atoms with Gasteiger partial charge in [-0.2, -0.15) is 0 Å². The van der Waals surface area contributed by atoms with Crippen molar-refractivity contribution in [2.75, 3.05) is 19.8 Å². The van der Waals surface area contributed by atoms with Crippen LogP contribution in [0.1, 0.15) is 117 Å². The fourth-order valence-electron chi connectivity index (χ4n) is 4.22. The Labute approximate surface area is 204 Å². The van der Waals surface area contributed by atoms with Crippen molar-refractivity contribution in [1.82, 2.24) is 0 Å². The third-order valence-electron chi connectivity index (χ3n) is 6.47. The van der Waals surface area contributed by atoms with Crippen LogP contribution in [-0.2, 0) is 4.74 Å². The number of phenolic OH excluding ortho intramolecular Hbond substituents is 1. The Morgan fingerprint density at radius 3 is 1.85 bits per heavy atom. The first-order valence-electron chi connectivity index (χ1n) is 13.8.